The van der Waals surface area contributed by atoms with Gasteiger partial charge in [0, 0.05) is 34.0 Å². The maximum atomic E-state index is 6.51. The fourth-order valence-electron chi connectivity index (χ4n) is 4.89. The Balaban J connectivity index is 1.49. The van der Waals surface area contributed by atoms with Crippen molar-refractivity contribution in [1.29, 1.82) is 0 Å². The summed E-state index contributed by atoms with van der Waals surface area (Å²) in [6, 6.07) is 17.0. The maximum absolute atomic E-state index is 6.51. The number of nitrogens with two attached hydrogens (primary N) is 1. The summed E-state index contributed by atoms with van der Waals surface area (Å²) in [4.78, 5) is 0. The second kappa shape index (κ2) is 9.33. The van der Waals surface area contributed by atoms with Crippen molar-refractivity contribution in [2.75, 3.05) is 12.3 Å². The van der Waals surface area contributed by atoms with E-state index in [1.54, 1.807) is 0 Å². The van der Waals surface area contributed by atoms with E-state index in [0.717, 1.165) is 70.8 Å². The van der Waals surface area contributed by atoms with Crippen molar-refractivity contribution in [3.05, 3.63) is 81.9 Å². The molecule has 4 heteroatoms. The van der Waals surface area contributed by atoms with Crippen LogP contribution in [-0.4, -0.2) is 12.2 Å². The molecule has 0 spiro atoms. The lowest BCUT2D eigenvalue weighted by Gasteiger charge is -2.35. The summed E-state index contributed by atoms with van der Waals surface area (Å²) in [5, 5.41) is 0. The van der Waals surface area contributed by atoms with Crippen molar-refractivity contribution in [2.24, 2.45) is 0 Å². The third-order valence-corrected chi connectivity index (χ3v) is 6.91. The van der Waals surface area contributed by atoms with E-state index in [-0.39, 0.29) is 5.60 Å². The van der Waals surface area contributed by atoms with Gasteiger partial charge < -0.3 is 19.9 Å². The average molecular weight is 470 g/mol. The Morgan fingerprint density at radius 3 is 2.57 bits per heavy atom. The molecule has 0 aromatic heterocycles. The molecule has 0 saturated carbocycles. The summed E-state index contributed by atoms with van der Waals surface area (Å²) < 4.78 is 19.0. The van der Waals surface area contributed by atoms with Crippen molar-refractivity contribution in [2.45, 2.75) is 65.6 Å². The van der Waals surface area contributed by atoms with Gasteiger partial charge in [-0.2, -0.15) is 0 Å². The molecular weight excluding hydrogens is 434 g/mol. The Hall–Kier alpha value is -3.40. The third kappa shape index (κ3) is 4.88. The van der Waals surface area contributed by atoms with Crippen LogP contribution in [-0.2, 0) is 19.4 Å². The van der Waals surface area contributed by atoms with Crippen LogP contribution in [0.1, 0.15) is 67.0 Å². The smallest absolute Gasteiger partial charge is 0.136 e. The lowest BCUT2D eigenvalue weighted by Crippen LogP contribution is -2.33. The van der Waals surface area contributed by atoms with Crippen LogP contribution >= 0.6 is 0 Å². The first kappa shape index (κ1) is 23.3. The van der Waals surface area contributed by atoms with E-state index in [1.165, 1.54) is 11.1 Å². The zero-order chi connectivity index (χ0) is 24.6. The molecule has 2 N–H and O–H groups in total. The summed E-state index contributed by atoms with van der Waals surface area (Å²) in [6.07, 6.45) is 6.16. The van der Waals surface area contributed by atoms with Crippen molar-refractivity contribution < 1.29 is 14.2 Å². The summed E-state index contributed by atoms with van der Waals surface area (Å²) in [5.41, 5.74) is 14.9. The highest BCUT2D eigenvalue weighted by molar-refractivity contribution is 5.92. The number of hydrogen-bond acceptors (Lipinski definition) is 4. The van der Waals surface area contributed by atoms with Gasteiger partial charge in [-0.1, -0.05) is 55.3 Å². The number of anilines is 1. The topological polar surface area (TPSA) is 53.7 Å². The first-order valence-corrected chi connectivity index (χ1v) is 12.6. The second-order valence-electron chi connectivity index (χ2n) is 10.4. The number of hydrogen-bond donors (Lipinski definition) is 1. The van der Waals surface area contributed by atoms with Crippen LogP contribution in [0.4, 0.5) is 5.69 Å². The number of ether oxygens (including phenoxy) is 3. The molecule has 0 amide bonds. The van der Waals surface area contributed by atoms with Gasteiger partial charge >= 0.3 is 0 Å². The molecule has 0 atom stereocenters. The van der Waals surface area contributed by atoms with Gasteiger partial charge in [0.1, 0.15) is 36.1 Å². The monoisotopic (exact) mass is 469 g/mol. The van der Waals surface area contributed by atoms with Gasteiger partial charge in [0.25, 0.3) is 0 Å². The molecule has 2 aliphatic heterocycles. The predicted molar refractivity (Wildman–Crippen MR) is 143 cm³/mol. The molecule has 0 fully saturated rings. The van der Waals surface area contributed by atoms with Crippen LogP contribution in [0, 0.1) is 6.92 Å². The highest BCUT2D eigenvalue weighted by atomic mass is 16.5. The van der Waals surface area contributed by atoms with E-state index in [4.69, 9.17) is 19.9 Å². The molecule has 4 nitrogen and oxygen atoms in total. The molecule has 182 valence electrons. The van der Waals surface area contributed by atoms with E-state index in [0.29, 0.717) is 18.9 Å². The molecule has 0 unspecified atom stereocenters. The Morgan fingerprint density at radius 1 is 1.03 bits per heavy atom. The Labute approximate surface area is 208 Å². The minimum atomic E-state index is -0.187. The quantitative estimate of drug-likeness (QED) is 0.390. The molecule has 0 radical (unpaired) electrons. The molecule has 3 aromatic rings. The predicted octanol–water partition coefficient (Wildman–Crippen LogP) is 7.15. The number of fused-ring (bicyclic) bond motifs is 3. The standard InChI is InChI=1S/C31H35NO3/c1-5-6-21-11-12-24(28(15-21)33-18-22-9-7-20(2)8-10-22)23-16-26-27(32)17-29-25(30(26)34-19-23)13-14-31(3,4)35-29/h7-12,15-17H,5-6,13-14,18-19,32H2,1-4H3. The summed E-state index contributed by atoms with van der Waals surface area (Å²) in [7, 11) is 0. The highest BCUT2D eigenvalue weighted by Crippen LogP contribution is 2.46. The molecule has 0 bridgehead atoms. The van der Waals surface area contributed by atoms with E-state index in [2.05, 4.69) is 76.2 Å². The van der Waals surface area contributed by atoms with Crippen LogP contribution in [0.5, 0.6) is 17.2 Å². The van der Waals surface area contributed by atoms with Gasteiger partial charge in [0.05, 0.1) is 0 Å². The summed E-state index contributed by atoms with van der Waals surface area (Å²) in [5.74, 6) is 2.60. The molecule has 2 heterocycles. The molecule has 5 rings (SSSR count). The molecule has 0 saturated heterocycles. The lowest BCUT2D eigenvalue weighted by molar-refractivity contribution is 0.0835. The normalized spacial score (nSPS) is 15.8. The number of rotatable bonds is 6. The zero-order valence-corrected chi connectivity index (χ0v) is 21.2. The van der Waals surface area contributed by atoms with E-state index in [1.807, 2.05) is 6.07 Å². The summed E-state index contributed by atoms with van der Waals surface area (Å²) in [6.45, 7) is 9.52. The van der Waals surface area contributed by atoms with Gasteiger partial charge in [0.2, 0.25) is 0 Å². The number of nitrogen functional groups attached to an aromatic ring is 1. The van der Waals surface area contributed by atoms with Gasteiger partial charge in [0.15, 0.2) is 0 Å². The van der Waals surface area contributed by atoms with Gasteiger partial charge in [-0.25, -0.2) is 0 Å². The largest absolute Gasteiger partial charge is 0.488 e. The van der Waals surface area contributed by atoms with Crippen LogP contribution in [0.2, 0.25) is 0 Å². The van der Waals surface area contributed by atoms with Crippen molar-refractivity contribution in [3.63, 3.8) is 0 Å². The maximum Gasteiger partial charge on any atom is 0.136 e. The Morgan fingerprint density at radius 2 is 1.80 bits per heavy atom. The molecule has 0 aliphatic carbocycles. The molecular formula is C31H35NO3. The van der Waals surface area contributed by atoms with Gasteiger partial charge in [-0.3, -0.25) is 0 Å². The van der Waals surface area contributed by atoms with Gasteiger partial charge in [-0.15, -0.1) is 0 Å². The third-order valence-electron chi connectivity index (χ3n) is 6.91. The van der Waals surface area contributed by atoms with Crippen LogP contribution in [0.25, 0.3) is 11.6 Å². The Kier molecular flexibility index (Phi) is 6.22. The lowest BCUT2D eigenvalue weighted by atomic mass is 9.90. The van der Waals surface area contributed by atoms with Crippen molar-refractivity contribution >= 4 is 17.3 Å². The molecule has 2 aliphatic rings. The molecule has 3 aromatic carbocycles. The first-order valence-electron chi connectivity index (χ1n) is 12.6. The van der Waals surface area contributed by atoms with Crippen LogP contribution in [0.15, 0.2) is 48.5 Å². The van der Waals surface area contributed by atoms with Crippen LogP contribution in [0.3, 0.4) is 0 Å². The Bertz CT molecular complexity index is 1270. The van der Waals surface area contributed by atoms with E-state index >= 15 is 0 Å². The molecule has 35 heavy (non-hydrogen) atoms. The fourth-order valence-corrected chi connectivity index (χ4v) is 4.89. The number of benzene rings is 3. The minimum absolute atomic E-state index is 0.187. The van der Waals surface area contributed by atoms with Gasteiger partial charge in [-0.05, 0) is 63.3 Å². The fraction of sp³-hybridized carbons (Fsp3) is 0.355. The first-order chi connectivity index (χ1) is 16.8. The van der Waals surface area contributed by atoms with E-state index in [9.17, 15) is 0 Å². The average Bonchev–Trinajstić information content (AvgIpc) is 2.83. The van der Waals surface area contributed by atoms with Crippen LogP contribution < -0.4 is 19.9 Å². The second-order valence-corrected chi connectivity index (χ2v) is 10.4. The minimum Gasteiger partial charge on any atom is -0.488 e. The summed E-state index contributed by atoms with van der Waals surface area (Å²) >= 11 is 0. The van der Waals surface area contributed by atoms with Crippen molar-refractivity contribution in [3.8, 4) is 17.2 Å². The van der Waals surface area contributed by atoms with E-state index < -0.39 is 0 Å². The number of aryl methyl sites for hydroxylation is 2. The van der Waals surface area contributed by atoms with Crippen molar-refractivity contribution in [1.82, 2.24) is 0 Å². The highest BCUT2D eigenvalue weighted by Gasteiger charge is 2.32. The SMILES string of the molecule is CCCc1ccc(C2=Cc3c(N)cc4c(c3OC2)CCC(C)(C)O4)c(OCc2ccc(C)cc2)c1. The zero-order valence-electron chi connectivity index (χ0n) is 21.2.